The second kappa shape index (κ2) is 5.90. The van der Waals surface area contributed by atoms with Crippen molar-refractivity contribution in [3.8, 4) is 5.75 Å². The number of carbonyl (C=O) groups excluding carboxylic acids is 2. The first-order valence-electron chi connectivity index (χ1n) is 4.90. The number of rotatable bonds is 5. The van der Waals surface area contributed by atoms with E-state index in [9.17, 15) is 9.59 Å². The minimum Gasteiger partial charge on any atom is -0.497 e. The molecule has 4 heteroatoms. The Labute approximate surface area is 94.2 Å². The highest BCUT2D eigenvalue weighted by Crippen LogP contribution is 2.13. The SMILES string of the molecule is COc1cccc(COC(=O)CC(C)=O)c1. The van der Waals surface area contributed by atoms with Crippen molar-refractivity contribution in [2.45, 2.75) is 20.0 Å². The van der Waals surface area contributed by atoms with Gasteiger partial charge in [-0.3, -0.25) is 9.59 Å². The lowest BCUT2D eigenvalue weighted by Gasteiger charge is -2.05. The van der Waals surface area contributed by atoms with E-state index in [1.54, 1.807) is 19.2 Å². The Balaban J connectivity index is 2.47. The first-order valence-corrected chi connectivity index (χ1v) is 4.90. The minimum absolute atomic E-state index is 0.156. The normalized spacial score (nSPS) is 9.62. The van der Waals surface area contributed by atoms with Gasteiger partial charge in [-0.15, -0.1) is 0 Å². The highest BCUT2D eigenvalue weighted by atomic mass is 16.5. The van der Waals surface area contributed by atoms with Gasteiger partial charge in [0, 0.05) is 0 Å². The fraction of sp³-hybridized carbons (Fsp3) is 0.333. The molecule has 0 aromatic heterocycles. The largest absolute Gasteiger partial charge is 0.497 e. The molecule has 0 aliphatic rings. The van der Waals surface area contributed by atoms with Crippen molar-refractivity contribution in [3.05, 3.63) is 29.8 Å². The van der Waals surface area contributed by atoms with Crippen LogP contribution in [0, 0.1) is 0 Å². The number of hydrogen-bond acceptors (Lipinski definition) is 4. The summed E-state index contributed by atoms with van der Waals surface area (Å²) in [6.07, 6.45) is -0.177. The lowest BCUT2D eigenvalue weighted by molar-refractivity contribution is -0.146. The Bertz CT molecular complexity index is 384. The number of hydrogen-bond donors (Lipinski definition) is 0. The van der Waals surface area contributed by atoms with Gasteiger partial charge in [-0.05, 0) is 24.6 Å². The van der Waals surface area contributed by atoms with E-state index in [0.717, 1.165) is 5.56 Å². The number of esters is 1. The van der Waals surface area contributed by atoms with Crippen LogP contribution in [0.4, 0.5) is 0 Å². The van der Waals surface area contributed by atoms with Crippen LogP contribution in [0.15, 0.2) is 24.3 Å². The Morgan fingerprint density at radius 1 is 1.31 bits per heavy atom. The molecule has 16 heavy (non-hydrogen) atoms. The molecule has 0 N–H and O–H groups in total. The third-order valence-corrected chi connectivity index (χ3v) is 1.93. The van der Waals surface area contributed by atoms with Crippen molar-refractivity contribution < 1.29 is 19.1 Å². The summed E-state index contributed by atoms with van der Waals surface area (Å²) in [5.74, 6) is 0.00563. The maximum Gasteiger partial charge on any atom is 0.313 e. The average Bonchev–Trinajstić information content (AvgIpc) is 2.26. The van der Waals surface area contributed by atoms with Crippen LogP contribution in [0.2, 0.25) is 0 Å². The van der Waals surface area contributed by atoms with Crippen molar-refractivity contribution in [3.63, 3.8) is 0 Å². The summed E-state index contributed by atoms with van der Waals surface area (Å²) in [6, 6.07) is 7.22. The summed E-state index contributed by atoms with van der Waals surface area (Å²) in [6.45, 7) is 1.51. The molecule has 0 bridgehead atoms. The van der Waals surface area contributed by atoms with Crippen LogP contribution >= 0.6 is 0 Å². The van der Waals surface area contributed by atoms with Gasteiger partial charge in [0.1, 0.15) is 24.6 Å². The molecule has 1 aromatic rings. The average molecular weight is 222 g/mol. The number of ketones is 1. The highest BCUT2D eigenvalue weighted by molar-refractivity contribution is 5.94. The van der Waals surface area contributed by atoms with E-state index in [0.29, 0.717) is 5.75 Å². The van der Waals surface area contributed by atoms with Crippen LogP contribution in [-0.4, -0.2) is 18.9 Å². The molecule has 0 aliphatic heterocycles. The molecule has 0 saturated heterocycles. The van der Waals surface area contributed by atoms with Crippen LogP contribution in [0.1, 0.15) is 18.9 Å². The third kappa shape index (κ3) is 4.13. The molecule has 86 valence electrons. The molecule has 0 fully saturated rings. The van der Waals surface area contributed by atoms with Crippen molar-refractivity contribution >= 4 is 11.8 Å². The van der Waals surface area contributed by atoms with Crippen LogP contribution < -0.4 is 4.74 Å². The molecule has 0 amide bonds. The topological polar surface area (TPSA) is 52.6 Å². The Hall–Kier alpha value is -1.84. The zero-order valence-electron chi connectivity index (χ0n) is 9.36. The maximum absolute atomic E-state index is 11.1. The Kier molecular flexibility index (Phi) is 4.51. The van der Waals surface area contributed by atoms with E-state index in [4.69, 9.17) is 9.47 Å². The number of carbonyl (C=O) groups is 2. The molecule has 0 atom stereocenters. The van der Waals surface area contributed by atoms with E-state index in [2.05, 4.69) is 0 Å². The van der Waals surface area contributed by atoms with Crippen molar-refractivity contribution in [2.75, 3.05) is 7.11 Å². The molecule has 1 aromatic carbocycles. The summed E-state index contributed by atoms with van der Waals surface area (Å²) in [7, 11) is 1.57. The summed E-state index contributed by atoms with van der Waals surface area (Å²) in [5, 5.41) is 0. The first kappa shape index (κ1) is 12.2. The van der Waals surface area contributed by atoms with E-state index in [1.807, 2.05) is 12.1 Å². The summed E-state index contributed by atoms with van der Waals surface area (Å²) >= 11 is 0. The number of benzene rings is 1. The molecule has 0 heterocycles. The second-order valence-electron chi connectivity index (χ2n) is 3.39. The molecule has 0 aliphatic carbocycles. The molecular weight excluding hydrogens is 208 g/mol. The zero-order valence-corrected chi connectivity index (χ0v) is 9.36. The van der Waals surface area contributed by atoms with Gasteiger partial charge in [0.25, 0.3) is 0 Å². The Morgan fingerprint density at radius 3 is 2.69 bits per heavy atom. The molecule has 0 radical (unpaired) electrons. The number of ether oxygens (including phenoxy) is 2. The minimum atomic E-state index is -0.504. The monoisotopic (exact) mass is 222 g/mol. The van der Waals surface area contributed by atoms with Gasteiger partial charge < -0.3 is 9.47 Å². The van der Waals surface area contributed by atoms with Gasteiger partial charge in [-0.2, -0.15) is 0 Å². The summed E-state index contributed by atoms with van der Waals surface area (Å²) < 4.78 is 9.95. The van der Waals surface area contributed by atoms with E-state index >= 15 is 0 Å². The molecule has 0 spiro atoms. The fourth-order valence-electron chi connectivity index (χ4n) is 1.18. The number of methoxy groups -OCH3 is 1. The second-order valence-corrected chi connectivity index (χ2v) is 3.39. The predicted octanol–water partition coefficient (Wildman–Crippen LogP) is 1.72. The zero-order chi connectivity index (χ0) is 12.0. The Morgan fingerprint density at radius 2 is 2.06 bits per heavy atom. The molecule has 0 saturated carbocycles. The van der Waals surface area contributed by atoms with Crippen LogP contribution in [-0.2, 0) is 20.9 Å². The van der Waals surface area contributed by atoms with Crippen LogP contribution in [0.25, 0.3) is 0 Å². The van der Waals surface area contributed by atoms with Crippen molar-refractivity contribution in [1.29, 1.82) is 0 Å². The fourth-order valence-corrected chi connectivity index (χ4v) is 1.18. The van der Waals surface area contributed by atoms with Crippen LogP contribution in [0.5, 0.6) is 5.75 Å². The predicted molar refractivity (Wildman–Crippen MR) is 58.1 cm³/mol. The van der Waals surface area contributed by atoms with E-state index < -0.39 is 5.97 Å². The van der Waals surface area contributed by atoms with Gasteiger partial charge in [-0.25, -0.2) is 0 Å². The third-order valence-electron chi connectivity index (χ3n) is 1.93. The molecule has 0 unspecified atom stereocenters. The van der Waals surface area contributed by atoms with Gasteiger partial charge in [0.15, 0.2) is 0 Å². The van der Waals surface area contributed by atoms with Crippen molar-refractivity contribution in [2.24, 2.45) is 0 Å². The van der Waals surface area contributed by atoms with Gasteiger partial charge in [0.2, 0.25) is 0 Å². The smallest absolute Gasteiger partial charge is 0.313 e. The summed E-state index contributed by atoms with van der Waals surface area (Å²) in [5.41, 5.74) is 0.830. The number of Topliss-reactive ketones (excluding diaryl/α,β-unsaturated/α-hetero) is 1. The lowest BCUT2D eigenvalue weighted by Crippen LogP contribution is -2.08. The van der Waals surface area contributed by atoms with Gasteiger partial charge in [0.05, 0.1) is 7.11 Å². The molecule has 4 nitrogen and oxygen atoms in total. The lowest BCUT2D eigenvalue weighted by atomic mass is 10.2. The van der Waals surface area contributed by atoms with E-state index in [-0.39, 0.29) is 18.8 Å². The van der Waals surface area contributed by atoms with E-state index in [1.165, 1.54) is 6.92 Å². The van der Waals surface area contributed by atoms with Gasteiger partial charge >= 0.3 is 5.97 Å². The summed E-state index contributed by atoms with van der Waals surface area (Å²) in [4.78, 5) is 21.8. The quantitative estimate of drug-likeness (QED) is 0.562. The van der Waals surface area contributed by atoms with Gasteiger partial charge in [-0.1, -0.05) is 12.1 Å². The van der Waals surface area contributed by atoms with Crippen LogP contribution in [0.3, 0.4) is 0 Å². The maximum atomic E-state index is 11.1. The molecule has 1 rings (SSSR count). The standard InChI is InChI=1S/C12H14O4/c1-9(13)6-12(14)16-8-10-4-3-5-11(7-10)15-2/h3-5,7H,6,8H2,1-2H3. The van der Waals surface area contributed by atoms with Crippen molar-refractivity contribution in [1.82, 2.24) is 0 Å². The first-order chi connectivity index (χ1) is 7.61. The molecular formula is C12H14O4. The highest BCUT2D eigenvalue weighted by Gasteiger charge is 2.06.